The van der Waals surface area contributed by atoms with Gasteiger partial charge in [0.15, 0.2) is 0 Å². The molecule has 2 aliphatic rings. The number of carbonyl (C=O) groups excluding carboxylic acids is 1. The molecule has 0 amide bonds. The fourth-order valence-corrected chi connectivity index (χ4v) is 5.48. The van der Waals surface area contributed by atoms with Crippen LogP contribution < -0.4 is 0 Å². The first kappa shape index (κ1) is 24.7. The number of thioether (sulfide) groups is 1. The molecule has 0 aromatic heterocycles. The highest BCUT2D eigenvalue weighted by molar-refractivity contribution is 8.02. The Kier molecular flexibility index (Phi) is 10.5. The van der Waals surface area contributed by atoms with Gasteiger partial charge in [-0.3, -0.25) is 4.79 Å². The van der Waals surface area contributed by atoms with Crippen LogP contribution in [0.1, 0.15) is 77.6 Å². The number of carbonyl (C=O) groups is 1. The first-order chi connectivity index (χ1) is 13.9. The number of rotatable bonds is 14. The van der Waals surface area contributed by atoms with Crippen LogP contribution >= 0.6 is 11.8 Å². The second kappa shape index (κ2) is 12.3. The molecule has 2 fully saturated rings. The number of unbranched alkanes of at least 4 members (excludes halogenated alkanes) is 1. The summed E-state index contributed by atoms with van der Waals surface area (Å²) in [5, 5.41) is 33.8. The molecule has 0 heterocycles. The average molecular weight is 429 g/mol. The maximum absolute atomic E-state index is 11.1. The van der Waals surface area contributed by atoms with E-state index in [9.17, 15) is 20.1 Å². The smallest absolute Gasteiger partial charge is 0.315 e. The van der Waals surface area contributed by atoms with E-state index < -0.39 is 17.8 Å². The second-order valence-electron chi connectivity index (χ2n) is 8.91. The first-order valence-electron chi connectivity index (χ1n) is 11.3. The van der Waals surface area contributed by atoms with Gasteiger partial charge in [-0.05, 0) is 74.5 Å². The van der Waals surface area contributed by atoms with Gasteiger partial charge in [0.2, 0.25) is 0 Å². The minimum atomic E-state index is -0.521. The van der Waals surface area contributed by atoms with Crippen LogP contribution in [0.15, 0.2) is 11.5 Å². The molecule has 0 saturated heterocycles. The fourth-order valence-electron chi connectivity index (χ4n) is 4.86. The van der Waals surface area contributed by atoms with Crippen molar-refractivity contribution >= 4 is 17.7 Å². The van der Waals surface area contributed by atoms with Crippen molar-refractivity contribution in [1.29, 1.82) is 0 Å². The van der Waals surface area contributed by atoms with E-state index in [-0.39, 0.29) is 17.8 Å². The molecule has 6 heteroatoms. The van der Waals surface area contributed by atoms with Crippen LogP contribution in [0.4, 0.5) is 0 Å². The average Bonchev–Trinajstić information content (AvgIpc) is 3.51. The van der Waals surface area contributed by atoms with Crippen molar-refractivity contribution in [3.63, 3.8) is 0 Å². The Morgan fingerprint density at radius 3 is 2.41 bits per heavy atom. The number of ether oxygens (including phenoxy) is 1. The van der Waals surface area contributed by atoms with Crippen molar-refractivity contribution in [3.8, 4) is 0 Å². The third-order valence-corrected chi connectivity index (χ3v) is 7.54. The lowest BCUT2D eigenvalue weighted by Crippen LogP contribution is -2.32. The Morgan fingerprint density at radius 2 is 1.79 bits per heavy atom. The third-order valence-electron chi connectivity index (χ3n) is 6.76. The summed E-state index contributed by atoms with van der Waals surface area (Å²) in [5.41, 5.74) is -0.521. The van der Waals surface area contributed by atoms with Gasteiger partial charge in [0, 0.05) is 0 Å². The van der Waals surface area contributed by atoms with Gasteiger partial charge >= 0.3 is 5.97 Å². The minimum Gasteiger partial charge on any atom is -0.468 e. The van der Waals surface area contributed by atoms with Gasteiger partial charge in [-0.15, -0.1) is 11.8 Å². The lowest BCUT2D eigenvalue weighted by Gasteiger charge is -2.30. The summed E-state index contributed by atoms with van der Waals surface area (Å²) < 4.78 is 4.61. The van der Waals surface area contributed by atoms with Crippen molar-refractivity contribution in [2.24, 2.45) is 17.8 Å². The summed E-state index contributed by atoms with van der Waals surface area (Å²) >= 11 is 1.41. The molecule has 5 atom stereocenters. The quantitative estimate of drug-likeness (QED) is 0.362. The summed E-state index contributed by atoms with van der Waals surface area (Å²) in [6.45, 7) is 2.16. The van der Waals surface area contributed by atoms with E-state index in [0.717, 1.165) is 64.2 Å². The van der Waals surface area contributed by atoms with Crippen molar-refractivity contribution in [1.82, 2.24) is 0 Å². The van der Waals surface area contributed by atoms with Gasteiger partial charge in [0.1, 0.15) is 0 Å². The molecule has 2 saturated carbocycles. The number of aliphatic hydroxyl groups is 3. The Bertz CT molecular complexity index is 521. The van der Waals surface area contributed by atoms with Gasteiger partial charge < -0.3 is 20.1 Å². The standard InChI is InChI=1S/C23H40O5S/c1-3-4-12-23(27,17-10-11-17)13-7-9-19-18(20(24)15-21(19)25)8-5-6-14-29-16-22(26)28-2/h6,14,17-21,24-25,27H,3-5,7-13,15-16H2,1-2H3/t18-,19-,20-,21-,23?/m1/s1. The number of hydrogen-bond donors (Lipinski definition) is 3. The van der Waals surface area contributed by atoms with E-state index in [4.69, 9.17) is 0 Å². The molecule has 0 radical (unpaired) electrons. The molecule has 0 aromatic carbocycles. The zero-order valence-corrected chi connectivity index (χ0v) is 18.9. The highest BCUT2D eigenvalue weighted by Crippen LogP contribution is 2.46. The molecule has 3 N–H and O–H groups in total. The van der Waals surface area contributed by atoms with E-state index in [0.29, 0.717) is 18.1 Å². The summed E-state index contributed by atoms with van der Waals surface area (Å²) in [6.07, 6.45) is 11.2. The molecule has 0 aliphatic heterocycles. The zero-order valence-electron chi connectivity index (χ0n) is 18.1. The summed E-state index contributed by atoms with van der Waals surface area (Å²) in [5.74, 6) is 0.749. The second-order valence-corrected chi connectivity index (χ2v) is 9.80. The summed E-state index contributed by atoms with van der Waals surface area (Å²) in [4.78, 5) is 11.1. The molecule has 0 bridgehead atoms. The third kappa shape index (κ3) is 7.89. The van der Waals surface area contributed by atoms with Crippen LogP contribution in [0.3, 0.4) is 0 Å². The first-order valence-corrected chi connectivity index (χ1v) is 12.4. The summed E-state index contributed by atoms with van der Waals surface area (Å²) in [6, 6.07) is 0. The SMILES string of the molecule is CCCCC(O)(CCC[C@@H]1[C@@H](CCC=CSCC(=O)OC)[C@H](O)C[C@H]1O)C1CC1. The molecule has 0 spiro atoms. The van der Waals surface area contributed by atoms with Crippen molar-refractivity contribution in [3.05, 3.63) is 11.5 Å². The Balaban J connectivity index is 1.76. The molecule has 168 valence electrons. The maximum Gasteiger partial charge on any atom is 0.315 e. The van der Waals surface area contributed by atoms with E-state index in [2.05, 4.69) is 11.7 Å². The topological polar surface area (TPSA) is 87.0 Å². The molecule has 2 rings (SSSR count). The van der Waals surface area contributed by atoms with Crippen LogP contribution in [0.25, 0.3) is 0 Å². The number of aliphatic hydroxyl groups excluding tert-OH is 2. The van der Waals surface area contributed by atoms with Crippen LogP contribution in [-0.4, -0.2) is 52.0 Å². The number of methoxy groups -OCH3 is 1. The summed E-state index contributed by atoms with van der Waals surface area (Å²) in [7, 11) is 1.38. The predicted octanol–water partition coefficient (Wildman–Crippen LogP) is 4.05. The molecular formula is C23H40O5S. The molecular weight excluding hydrogens is 388 g/mol. The van der Waals surface area contributed by atoms with Crippen LogP contribution in [0.5, 0.6) is 0 Å². The monoisotopic (exact) mass is 428 g/mol. The van der Waals surface area contributed by atoms with Crippen molar-refractivity contribution in [2.45, 2.75) is 95.4 Å². The van der Waals surface area contributed by atoms with E-state index >= 15 is 0 Å². The van der Waals surface area contributed by atoms with E-state index in [1.54, 1.807) is 0 Å². The molecule has 2 aliphatic carbocycles. The van der Waals surface area contributed by atoms with Crippen molar-refractivity contribution < 1.29 is 24.9 Å². The highest BCUT2D eigenvalue weighted by Gasteiger charge is 2.44. The number of esters is 1. The lowest BCUT2D eigenvalue weighted by atomic mass is 9.81. The fraction of sp³-hybridized carbons (Fsp3) is 0.870. The lowest BCUT2D eigenvalue weighted by molar-refractivity contribution is -0.137. The van der Waals surface area contributed by atoms with Gasteiger partial charge in [-0.25, -0.2) is 0 Å². The van der Waals surface area contributed by atoms with Gasteiger partial charge in [0.05, 0.1) is 30.7 Å². The highest BCUT2D eigenvalue weighted by atomic mass is 32.2. The van der Waals surface area contributed by atoms with Crippen LogP contribution in [0.2, 0.25) is 0 Å². The largest absolute Gasteiger partial charge is 0.468 e. The molecule has 29 heavy (non-hydrogen) atoms. The number of allylic oxidation sites excluding steroid dienone is 1. The van der Waals surface area contributed by atoms with Crippen LogP contribution in [-0.2, 0) is 9.53 Å². The Hall–Kier alpha value is -0.560. The maximum atomic E-state index is 11.1. The normalized spacial score (nSPS) is 29.3. The van der Waals surface area contributed by atoms with E-state index in [1.807, 2.05) is 11.5 Å². The van der Waals surface area contributed by atoms with Crippen molar-refractivity contribution in [2.75, 3.05) is 12.9 Å². The molecule has 0 aromatic rings. The van der Waals surface area contributed by atoms with Gasteiger partial charge in [-0.2, -0.15) is 0 Å². The van der Waals surface area contributed by atoms with E-state index in [1.165, 1.54) is 18.9 Å². The minimum absolute atomic E-state index is 0.102. The van der Waals surface area contributed by atoms with Gasteiger partial charge in [0.25, 0.3) is 0 Å². The molecule has 1 unspecified atom stereocenters. The predicted molar refractivity (Wildman–Crippen MR) is 118 cm³/mol. The van der Waals surface area contributed by atoms with Crippen LogP contribution in [0, 0.1) is 17.8 Å². The Labute approximate surface area is 180 Å². The Morgan fingerprint density at radius 1 is 1.14 bits per heavy atom. The molecule has 5 nitrogen and oxygen atoms in total. The number of hydrogen-bond acceptors (Lipinski definition) is 6. The van der Waals surface area contributed by atoms with Gasteiger partial charge in [-0.1, -0.05) is 32.3 Å². The zero-order chi connectivity index (χ0) is 21.3.